The van der Waals surface area contributed by atoms with Gasteiger partial charge in [-0.05, 0) is 12.5 Å². The maximum Gasteiger partial charge on any atom is 0.127 e. The van der Waals surface area contributed by atoms with Gasteiger partial charge in [0.2, 0.25) is 0 Å². The minimum absolute atomic E-state index is 0.180. The van der Waals surface area contributed by atoms with E-state index < -0.39 is 0 Å². The second-order valence-corrected chi connectivity index (χ2v) is 3.41. The fraction of sp³-hybridized carbons (Fsp3) is 0.417. The Morgan fingerprint density at radius 2 is 2.12 bits per heavy atom. The second-order valence-electron chi connectivity index (χ2n) is 3.41. The van der Waals surface area contributed by atoms with Gasteiger partial charge in [-0.15, -0.1) is 0 Å². The second kappa shape index (κ2) is 5.99. The van der Waals surface area contributed by atoms with Crippen LogP contribution in [0.15, 0.2) is 18.2 Å². The van der Waals surface area contributed by atoms with Crippen molar-refractivity contribution in [2.45, 2.75) is 18.9 Å². The molecular formula is C12H16N2O2. The minimum atomic E-state index is -0.180. The molecule has 0 aliphatic rings. The van der Waals surface area contributed by atoms with E-state index in [9.17, 15) is 0 Å². The van der Waals surface area contributed by atoms with Crippen LogP contribution in [0.2, 0.25) is 0 Å². The Kier molecular flexibility index (Phi) is 4.62. The molecule has 0 aliphatic carbocycles. The Balaban J connectivity index is 2.90. The smallest absolute Gasteiger partial charge is 0.127 e. The molecule has 16 heavy (non-hydrogen) atoms. The monoisotopic (exact) mass is 220 g/mol. The molecule has 0 radical (unpaired) electrons. The summed E-state index contributed by atoms with van der Waals surface area (Å²) in [5.41, 5.74) is 6.88. The van der Waals surface area contributed by atoms with Gasteiger partial charge in [-0.3, -0.25) is 0 Å². The zero-order valence-electron chi connectivity index (χ0n) is 9.56. The summed E-state index contributed by atoms with van der Waals surface area (Å²) >= 11 is 0. The summed E-state index contributed by atoms with van der Waals surface area (Å²) < 4.78 is 10.3. The first-order chi connectivity index (χ1) is 7.72. The number of methoxy groups -OCH3 is 2. The lowest BCUT2D eigenvalue weighted by molar-refractivity contribution is 0.387. The molecule has 86 valence electrons. The van der Waals surface area contributed by atoms with Crippen LogP contribution in [0.4, 0.5) is 0 Å². The zero-order chi connectivity index (χ0) is 12.0. The molecule has 2 N–H and O–H groups in total. The van der Waals surface area contributed by atoms with Crippen LogP contribution in [0.5, 0.6) is 11.5 Å². The van der Waals surface area contributed by atoms with Crippen LogP contribution in [0.1, 0.15) is 24.4 Å². The lowest BCUT2D eigenvalue weighted by atomic mass is 10.0. The van der Waals surface area contributed by atoms with Crippen LogP contribution in [0.3, 0.4) is 0 Å². The lowest BCUT2D eigenvalue weighted by Crippen LogP contribution is -2.11. The molecule has 0 amide bonds. The maximum absolute atomic E-state index is 8.51. The molecule has 0 saturated carbocycles. The van der Waals surface area contributed by atoms with Gasteiger partial charge in [-0.2, -0.15) is 5.26 Å². The standard InChI is InChI=1S/C12H16N2O2/c1-15-9-5-6-10(12(8-9)16-2)11(14)4-3-7-13/h5-6,8,11H,3-4,14H2,1-2H3. The molecule has 0 bridgehead atoms. The van der Waals surface area contributed by atoms with Crippen LogP contribution in [0.25, 0.3) is 0 Å². The van der Waals surface area contributed by atoms with Gasteiger partial charge < -0.3 is 15.2 Å². The van der Waals surface area contributed by atoms with Gasteiger partial charge in [-0.1, -0.05) is 6.07 Å². The molecule has 1 atom stereocenters. The predicted molar refractivity (Wildman–Crippen MR) is 61.3 cm³/mol. The van der Waals surface area contributed by atoms with E-state index >= 15 is 0 Å². The quantitative estimate of drug-likeness (QED) is 0.824. The Morgan fingerprint density at radius 3 is 2.69 bits per heavy atom. The number of nitrogens with zero attached hydrogens (tertiary/aromatic N) is 1. The van der Waals surface area contributed by atoms with Crippen LogP contribution in [0, 0.1) is 11.3 Å². The third kappa shape index (κ3) is 2.88. The molecule has 1 unspecified atom stereocenters. The molecule has 0 heterocycles. The Labute approximate surface area is 95.6 Å². The van der Waals surface area contributed by atoms with E-state index in [1.54, 1.807) is 20.3 Å². The highest BCUT2D eigenvalue weighted by molar-refractivity contribution is 5.42. The highest BCUT2D eigenvalue weighted by Crippen LogP contribution is 2.30. The van der Waals surface area contributed by atoms with Gasteiger partial charge in [0, 0.05) is 24.1 Å². The van der Waals surface area contributed by atoms with Gasteiger partial charge in [0.1, 0.15) is 11.5 Å². The van der Waals surface area contributed by atoms with Crippen molar-refractivity contribution in [1.82, 2.24) is 0 Å². The SMILES string of the molecule is COc1ccc(C(N)CCC#N)c(OC)c1. The maximum atomic E-state index is 8.51. The average Bonchev–Trinajstić information content (AvgIpc) is 2.34. The van der Waals surface area contributed by atoms with E-state index in [1.807, 2.05) is 12.1 Å². The van der Waals surface area contributed by atoms with Crippen molar-refractivity contribution in [3.05, 3.63) is 23.8 Å². The third-order valence-corrected chi connectivity index (χ3v) is 2.41. The van der Waals surface area contributed by atoms with Gasteiger partial charge >= 0.3 is 0 Å². The van der Waals surface area contributed by atoms with E-state index in [4.69, 9.17) is 20.5 Å². The molecule has 0 spiro atoms. The first-order valence-electron chi connectivity index (χ1n) is 5.07. The van der Waals surface area contributed by atoms with Crippen LogP contribution in [-0.2, 0) is 0 Å². The first kappa shape index (κ1) is 12.3. The molecule has 4 nitrogen and oxygen atoms in total. The Bertz CT molecular complexity index is 385. The van der Waals surface area contributed by atoms with E-state index in [-0.39, 0.29) is 6.04 Å². The fourth-order valence-corrected chi connectivity index (χ4v) is 1.50. The fourth-order valence-electron chi connectivity index (χ4n) is 1.50. The summed E-state index contributed by atoms with van der Waals surface area (Å²) in [5.74, 6) is 1.43. The topological polar surface area (TPSA) is 68.3 Å². The van der Waals surface area contributed by atoms with Crippen molar-refractivity contribution in [3.63, 3.8) is 0 Å². The highest BCUT2D eigenvalue weighted by atomic mass is 16.5. The van der Waals surface area contributed by atoms with E-state index in [0.29, 0.717) is 18.6 Å². The van der Waals surface area contributed by atoms with Crippen molar-refractivity contribution in [3.8, 4) is 17.6 Å². The Hall–Kier alpha value is -1.73. The summed E-state index contributed by atoms with van der Waals surface area (Å²) in [4.78, 5) is 0. The van der Waals surface area contributed by atoms with Crippen LogP contribution < -0.4 is 15.2 Å². The van der Waals surface area contributed by atoms with Crippen molar-refractivity contribution >= 4 is 0 Å². The molecule has 0 aromatic heterocycles. The van der Waals surface area contributed by atoms with E-state index in [2.05, 4.69) is 6.07 Å². The molecule has 1 aromatic rings. The number of rotatable bonds is 5. The van der Waals surface area contributed by atoms with Crippen molar-refractivity contribution < 1.29 is 9.47 Å². The third-order valence-electron chi connectivity index (χ3n) is 2.41. The van der Waals surface area contributed by atoms with Crippen molar-refractivity contribution in [1.29, 1.82) is 5.26 Å². The first-order valence-corrected chi connectivity index (χ1v) is 5.07. The number of nitriles is 1. The lowest BCUT2D eigenvalue weighted by Gasteiger charge is -2.15. The van der Waals surface area contributed by atoms with Gasteiger partial charge in [0.05, 0.1) is 20.3 Å². The number of benzene rings is 1. The molecule has 0 saturated heterocycles. The Morgan fingerprint density at radius 1 is 1.38 bits per heavy atom. The average molecular weight is 220 g/mol. The highest BCUT2D eigenvalue weighted by Gasteiger charge is 2.12. The van der Waals surface area contributed by atoms with Gasteiger partial charge in [0.15, 0.2) is 0 Å². The molecule has 0 fully saturated rings. The zero-order valence-corrected chi connectivity index (χ0v) is 9.56. The molecule has 1 aromatic carbocycles. The number of nitrogens with two attached hydrogens (primary N) is 1. The summed E-state index contributed by atoms with van der Waals surface area (Å²) in [6.45, 7) is 0. The van der Waals surface area contributed by atoms with Crippen LogP contribution >= 0.6 is 0 Å². The summed E-state index contributed by atoms with van der Waals surface area (Å²) in [5, 5.41) is 8.51. The predicted octanol–water partition coefficient (Wildman–Crippen LogP) is 2.01. The van der Waals surface area contributed by atoms with Crippen molar-refractivity contribution in [2.75, 3.05) is 14.2 Å². The molecular weight excluding hydrogens is 204 g/mol. The molecule has 0 aliphatic heterocycles. The minimum Gasteiger partial charge on any atom is -0.497 e. The largest absolute Gasteiger partial charge is 0.497 e. The van der Waals surface area contributed by atoms with Crippen LogP contribution in [-0.4, -0.2) is 14.2 Å². The summed E-state index contributed by atoms with van der Waals surface area (Å²) in [6, 6.07) is 7.41. The summed E-state index contributed by atoms with van der Waals surface area (Å²) in [7, 11) is 3.19. The number of ether oxygens (including phenoxy) is 2. The normalized spacial score (nSPS) is 11.6. The molecule has 4 heteroatoms. The number of hydrogen-bond acceptors (Lipinski definition) is 4. The van der Waals surface area contributed by atoms with Gasteiger partial charge in [-0.25, -0.2) is 0 Å². The van der Waals surface area contributed by atoms with E-state index in [1.165, 1.54) is 0 Å². The van der Waals surface area contributed by atoms with E-state index in [0.717, 1.165) is 11.3 Å². The molecule has 1 rings (SSSR count). The summed E-state index contributed by atoms with van der Waals surface area (Å²) in [6.07, 6.45) is 1.07. The van der Waals surface area contributed by atoms with Crippen molar-refractivity contribution in [2.24, 2.45) is 5.73 Å². The van der Waals surface area contributed by atoms with Gasteiger partial charge in [0.25, 0.3) is 0 Å². The number of hydrogen-bond donors (Lipinski definition) is 1.